The first-order chi connectivity index (χ1) is 16.2. The van der Waals surface area contributed by atoms with E-state index in [4.69, 9.17) is 9.84 Å². The molecule has 0 atom stereocenters. The molecular formula is C26H20N4O2S. The maximum Gasteiger partial charge on any atom is 0.250 e. The molecule has 0 aliphatic heterocycles. The fraction of sp³-hybridized carbons (Fsp3) is 0.0385. The van der Waals surface area contributed by atoms with Crippen molar-refractivity contribution in [3.63, 3.8) is 0 Å². The van der Waals surface area contributed by atoms with Crippen LogP contribution in [0.2, 0.25) is 0 Å². The summed E-state index contributed by atoms with van der Waals surface area (Å²) in [6.45, 7) is 0. The summed E-state index contributed by atoms with van der Waals surface area (Å²) in [4.78, 5) is 17.1. The van der Waals surface area contributed by atoms with Crippen LogP contribution in [0.15, 0.2) is 91.1 Å². The number of nitrogens with zero attached hydrogens (tertiary/aromatic N) is 3. The van der Waals surface area contributed by atoms with Gasteiger partial charge in [0.25, 0.3) is 0 Å². The molecule has 5 rings (SSSR count). The number of methoxy groups -OCH3 is 1. The normalized spacial score (nSPS) is 11.2. The number of hydrogen-bond donors (Lipinski definition) is 1. The number of carbonyl (C=O) groups is 1. The topological polar surface area (TPSA) is 69.0 Å². The van der Waals surface area contributed by atoms with Gasteiger partial charge in [0.2, 0.25) is 5.91 Å². The van der Waals surface area contributed by atoms with Gasteiger partial charge < -0.3 is 4.74 Å². The molecule has 0 bridgehead atoms. The van der Waals surface area contributed by atoms with Crippen LogP contribution in [0.1, 0.15) is 5.56 Å². The minimum atomic E-state index is -0.257. The summed E-state index contributed by atoms with van der Waals surface area (Å²) in [5, 5.41) is 8.16. The van der Waals surface area contributed by atoms with E-state index in [1.54, 1.807) is 13.2 Å². The summed E-state index contributed by atoms with van der Waals surface area (Å²) >= 11 is 1.40. The Balaban J connectivity index is 1.41. The molecule has 162 valence electrons. The highest BCUT2D eigenvalue weighted by Crippen LogP contribution is 2.29. The Morgan fingerprint density at radius 2 is 1.79 bits per heavy atom. The molecule has 0 fully saturated rings. The molecule has 1 amide bonds. The number of aromatic nitrogens is 3. The molecule has 33 heavy (non-hydrogen) atoms. The van der Waals surface area contributed by atoms with Gasteiger partial charge in [-0.15, -0.1) is 0 Å². The van der Waals surface area contributed by atoms with E-state index in [0.717, 1.165) is 38.5 Å². The Labute approximate surface area is 194 Å². The van der Waals surface area contributed by atoms with Crippen LogP contribution in [0, 0.1) is 0 Å². The number of nitrogens with one attached hydrogen (secondary N) is 1. The van der Waals surface area contributed by atoms with Gasteiger partial charge in [0.15, 0.2) is 5.13 Å². The number of rotatable bonds is 6. The maximum absolute atomic E-state index is 12.6. The van der Waals surface area contributed by atoms with Crippen LogP contribution in [0.5, 0.6) is 5.75 Å². The lowest BCUT2D eigenvalue weighted by Crippen LogP contribution is -2.07. The largest absolute Gasteiger partial charge is 0.497 e. The highest BCUT2D eigenvalue weighted by atomic mass is 32.1. The molecule has 2 heterocycles. The van der Waals surface area contributed by atoms with E-state index in [9.17, 15) is 4.79 Å². The Morgan fingerprint density at radius 1 is 1.03 bits per heavy atom. The highest BCUT2D eigenvalue weighted by molar-refractivity contribution is 7.22. The van der Waals surface area contributed by atoms with Crippen molar-refractivity contribution in [1.29, 1.82) is 0 Å². The van der Waals surface area contributed by atoms with Gasteiger partial charge in [-0.1, -0.05) is 59.9 Å². The first-order valence-electron chi connectivity index (χ1n) is 10.3. The summed E-state index contributed by atoms with van der Waals surface area (Å²) in [6, 6.07) is 25.4. The summed E-state index contributed by atoms with van der Waals surface area (Å²) < 4.78 is 8.02. The average Bonchev–Trinajstić information content (AvgIpc) is 3.47. The van der Waals surface area contributed by atoms with Crippen LogP contribution in [0.4, 0.5) is 5.13 Å². The Morgan fingerprint density at radius 3 is 2.55 bits per heavy atom. The number of fused-ring (bicyclic) bond motifs is 1. The molecule has 6 nitrogen and oxygen atoms in total. The first kappa shape index (κ1) is 20.7. The summed E-state index contributed by atoms with van der Waals surface area (Å²) in [6.07, 6.45) is 5.21. The van der Waals surface area contributed by atoms with Crippen LogP contribution in [-0.4, -0.2) is 27.8 Å². The molecule has 0 radical (unpaired) electrons. The van der Waals surface area contributed by atoms with Gasteiger partial charge in [-0.3, -0.25) is 10.1 Å². The lowest BCUT2D eigenvalue weighted by Gasteiger charge is -2.00. The maximum atomic E-state index is 12.6. The second kappa shape index (κ2) is 9.10. The van der Waals surface area contributed by atoms with Gasteiger partial charge in [-0.25, -0.2) is 9.67 Å². The third-order valence-corrected chi connectivity index (χ3v) is 5.98. The fourth-order valence-corrected chi connectivity index (χ4v) is 4.34. The van der Waals surface area contributed by atoms with Crippen molar-refractivity contribution in [2.24, 2.45) is 0 Å². The molecule has 0 saturated carbocycles. The van der Waals surface area contributed by atoms with Gasteiger partial charge in [0, 0.05) is 23.4 Å². The quantitative estimate of drug-likeness (QED) is 0.330. The third kappa shape index (κ3) is 4.53. The number of carbonyl (C=O) groups excluding carboxylic acids is 1. The van der Waals surface area contributed by atoms with Crippen LogP contribution in [-0.2, 0) is 4.79 Å². The average molecular weight is 453 g/mol. The highest BCUT2D eigenvalue weighted by Gasteiger charge is 2.11. The van der Waals surface area contributed by atoms with Crippen molar-refractivity contribution in [3.8, 4) is 22.7 Å². The van der Waals surface area contributed by atoms with Gasteiger partial charge in [-0.2, -0.15) is 5.10 Å². The standard InChI is InChI=1S/C26H20N4O2S/c1-32-21-13-14-22-23(16-21)33-26(27-22)28-24(31)15-12-19-17-30(20-10-6-3-7-11-20)29-25(19)18-8-4-2-5-9-18/h2-17H,1H3,(H,27,28,31)/b15-12+. The van der Waals surface area contributed by atoms with Gasteiger partial charge in [0.1, 0.15) is 5.75 Å². The minimum Gasteiger partial charge on any atom is -0.497 e. The molecule has 0 aliphatic rings. The zero-order valence-corrected chi connectivity index (χ0v) is 18.6. The molecular weight excluding hydrogens is 432 g/mol. The van der Waals surface area contributed by atoms with E-state index < -0.39 is 0 Å². The molecule has 0 spiro atoms. The lowest BCUT2D eigenvalue weighted by atomic mass is 10.1. The fourth-order valence-electron chi connectivity index (χ4n) is 3.44. The van der Waals surface area contributed by atoms with E-state index >= 15 is 0 Å². The predicted octanol–water partition coefficient (Wildman–Crippen LogP) is 5.81. The molecule has 1 N–H and O–H groups in total. The first-order valence-corrected chi connectivity index (χ1v) is 11.2. The van der Waals surface area contributed by atoms with E-state index in [0.29, 0.717) is 5.13 Å². The van der Waals surface area contributed by atoms with E-state index in [-0.39, 0.29) is 5.91 Å². The molecule has 0 saturated heterocycles. The summed E-state index contributed by atoms with van der Waals surface area (Å²) in [5.74, 6) is 0.500. The minimum absolute atomic E-state index is 0.257. The monoisotopic (exact) mass is 452 g/mol. The predicted molar refractivity (Wildman–Crippen MR) is 133 cm³/mol. The number of thiazole rings is 1. The number of ether oxygens (including phenoxy) is 1. The van der Waals surface area contributed by atoms with Crippen molar-refractivity contribution < 1.29 is 9.53 Å². The Bertz CT molecular complexity index is 1440. The summed E-state index contributed by atoms with van der Waals surface area (Å²) in [7, 11) is 1.62. The van der Waals surface area contributed by atoms with Crippen molar-refractivity contribution in [2.45, 2.75) is 0 Å². The Hall–Kier alpha value is -4.23. The van der Waals surface area contributed by atoms with Crippen molar-refractivity contribution in [1.82, 2.24) is 14.8 Å². The molecule has 0 aliphatic carbocycles. The van der Waals surface area contributed by atoms with Crippen LogP contribution < -0.4 is 10.1 Å². The molecule has 2 aromatic heterocycles. The van der Waals surface area contributed by atoms with Crippen molar-refractivity contribution in [3.05, 3.63) is 96.7 Å². The van der Waals surface area contributed by atoms with E-state index in [2.05, 4.69) is 10.3 Å². The number of amides is 1. The molecule has 7 heteroatoms. The zero-order chi connectivity index (χ0) is 22.6. The van der Waals surface area contributed by atoms with Crippen molar-refractivity contribution >= 4 is 38.7 Å². The van der Waals surface area contributed by atoms with Crippen LogP contribution >= 0.6 is 11.3 Å². The van der Waals surface area contributed by atoms with E-state index in [1.807, 2.05) is 89.7 Å². The van der Waals surface area contributed by atoms with Gasteiger partial charge in [0.05, 0.1) is 28.7 Å². The second-order valence-corrected chi connectivity index (χ2v) is 8.29. The van der Waals surface area contributed by atoms with Gasteiger partial charge >= 0.3 is 0 Å². The summed E-state index contributed by atoms with van der Waals surface area (Å²) in [5.41, 5.74) is 4.39. The number of benzene rings is 3. The third-order valence-electron chi connectivity index (χ3n) is 5.05. The van der Waals surface area contributed by atoms with Crippen LogP contribution in [0.25, 0.3) is 33.2 Å². The second-order valence-electron chi connectivity index (χ2n) is 7.25. The SMILES string of the molecule is COc1ccc2nc(NC(=O)/C=C/c3cn(-c4ccccc4)nc3-c3ccccc3)sc2c1. The van der Waals surface area contributed by atoms with Crippen molar-refractivity contribution in [2.75, 3.05) is 12.4 Å². The zero-order valence-electron chi connectivity index (χ0n) is 17.8. The molecule has 0 unspecified atom stereocenters. The Kier molecular flexibility index (Phi) is 5.70. The van der Waals surface area contributed by atoms with Crippen LogP contribution in [0.3, 0.4) is 0 Å². The van der Waals surface area contributed by atoms with E-state index in [1.165, 1.54) is 17.4 Å². The number of hydrogen-bond acceptors (Lipinski definition) is 5. The smallest absolute Gasteiger partial charge is 0.250 e. The number of anilines is 1. The number of para-hydroxylation sites is 1. The van der Waals surface area contributed by atoms with Gasteiger partial charge in [-0.05, 0) is 36.4 Å². The molecule has 5 aromatic rings. The molecule has 3 aromatic carbocycles. The lowest BCUT2D eigenvalue weighted by molar-refractivity contribution is -0.111.